The summed E-state index contributed by atoms with van der Waals surface area (Å²) < 4.78 is 12.2. The quantitative estimate of drug-likeness (QED) is 0.301. The van der Waals surface area contributed by atoms with Crippen molar-refractivity contribution in [2.45, 2.75) is 26.9 Å². The van der Waals surface area contributed by atoms with Crippen molar-refractivity contribution in [1.82, 2.24) is 4.90 Å². The molecule has 0 fully saturated rings. The lowest BCUT2D eigenvalue weighted by molar-refractivity contribution is 0.0876. The number of nitrogens with zero attached hydrogens (tertiary/aromatic N) is 1. The Kier molecular flexibility index (Phi) is 5.67. The van der Waals surface area contributed by atoms with Crippen LogP contribution in [0.3, 0.4) is 0 Å². The second-order valence-electron chi connectivity index (χ2n) is 9.54. The predicted molar refractivity (Wildman–Crippen MR) is 142 cm³/mol. The van der Waals surface area contributed by atoms with Crippen LogP contribution in [0.4, 0.5) is 0 Å². The molecule has 0 unspecified atom stereocenters. The van der Waals surface area contributed by atoms with Crippen molar-refractivity contribution in [3.63, 3.8) is 0 Å². The lowest BCUT2D eigenvalue weighted by Gasteiger charge is -2.30. The molecule has 4 heteroatoms. The summed E-state index contributed by atoms with van der Waals surface area (Å²) in [7, 11) is 0. The summed E-state index contributed by atoms with van der Waals surface area (Å²) in [5, 5.41) is 0. The second kappa shape index (κ2) is 9.14. The molecule has 0 saturated heterocycles. The van der Waals surface area contributed by atoms with Gasteiger partial charge in [-0.05, 0) is 48.2 Å². The Morgan fingerprint density at radius 1 is 0.861 bits per heavy atom. The Balaban J connectivity index is 1.23. The molecule has 4 nitrogen and oxygen atoms in total. The number of carbonyl (C=O) groups excluding carboxylic acids is 1. The predicted octanol–water partition coefficient (Wildman–Crippen LogP) is 6.94. The van der Waals surface area contributed by atoms with E-state index >= 15 is 0 Å². The first kappa shape index (κ1) is 22.3. The summed E-state index contributed by atoms with van der Waals surface area (Å²) in [5.41, 5.74) is 8.23. The zero-order valence-electron chi connectivity index (χ0n) is 20.5. The van der Waals surface area contributed by atoms with Gasteiger partial charge in [0.05, 0.1) is 5.56 Å². The van der Waals surface area contributed by atoms with E-state index in [2.05, 4.69) is 60.4 Å². The second-order valence-corrected chi connectivity index (χ2v) is 9.54. The molecule has 0 atom stereocenters. The van der Waals surface area contributed by atoms with Crippen molar-refractivity contribution in [2.75, 3.05) is 6.73 Å². The maximum Gasteiger partial charge on any atom is 0.231 e. The fourth-order valence-electron chi connectivity index (χ4n) is 4.90. The molecule has 0 saturated carbocycles. The SMILES string of the molecule is Cc1ccc(CN2COc3c(cc4c(c3C)O/C(=C\c3ccc(-c5ccccc5)cc3)C4=O)C2)cc1. The molecular formula is C32H27NO3. The maximum atomic E-state index is 13.3. The molecule has 0 amide bonds. The van der Waals surface area contributed by atoms with Crippen LogP contribution >= 0.6 is 0 Å². The number of hydrogen-bond donors (Lipinski definition) is 0. The third-order valence-electron chi connectivity index (χ3n) is 6.84. The average molecular weight is 474 g/mol. The van der Waals surface area contributed by atoms with Gasteiger partial charge in [-0.3, -0.25) is 9.69 Å². The zero-order chi connectivity index (χ0) is 24.6. The molecule has 0 radical (unpaired) electrons. The fraction of sp³-hybridized carbons (Fsp3) is 0.156. The van der Waals surface area contributed by atoms with Gasteiger partial charge in [-0.2, -0.15) is 0 Å². The molecule has 36 heavy (non-hydrogen) atoms. The van der Waals surface area contributed by atoms with E-state index in [-0.39, 0.29) is 5.78 Å². The Hall–Kier alpha value is -4.15. The number of rotatable bonds is 4. The van der Waals surface area contributed by atoms with Crippen molar-refractivity contribution in [2.24, 2.45) is 0 Å². The highest BCUT2D eigenvalue weighted by Crippen LogP contribution is 2.43. The van der Waals surface area contributed by atoms with Gasteiger partial charge >= 0.3 is 0 Å². The highest BCUT2D eigenvalue weighted by atomic mass is 16.5. The number of aryl methyl sites for hydroxylation is 1. The van der Waals surface area contributed by atoms with Crippen molar-refractivity contribution >= 4 is 11.9 Å². The Morgan fingerprint density at radius 2 is 1.58 bits per heavy atom. The molecule has 4 aromatic rings. The number of fused-ring (bicyclic) bond motifs is 2. The molecule has 6 rings (SSSR count). The number of carbonyl (C=O) groups is 1. The molecule has 2 heterocycles. The van der Waals surface area contributed by atoms with Crippen LogP contribution in [0.2, 0.25) is 0 Å². The Morgan fingerprint density at radius 3 is 2.33 bits per heavy atom. The fourth-order valence-corrected chi connectivity index (χ4v) is 4.90. The third kappa shape index (κ3) is 4.21. The van der Waals surface area contributed by atoms with Crippen LogP contribution in [0.25, 0.3) is 17.2 Å². The van der Waals surface area contributed by atoms with E-state index in [1.165, 1.54) is 11.1 Å². The van der Waals surface area contributed by atoms with E-state index in [0.717, 1.165) is 46.7 Å². The molecule has 2 aliphatic heterocycles. The summed E-state index contributed by atoms with van der Waals surface area (Å²) in [6.07, 6.45) is 1.82. The van der Waals surface area contributed by atoms with E-state index < -0.39 is 0 Å². The summed E-state index contributed by atoms with van der Waals surface area (Å²) in [6.45, 7) is 6.09. The normalized spacial score (nSPS) is 15.8. The Bertz CT molecular complexity index is 1470. The molecule has 4 aromatic carbocycles. The van der Waals surface area contributed by atoms with Crippen molar-refractivity contribution < 1.29 is 14.3 Å². The molecule has 0 N–H and O–H groups in total. The van der Waals surface area contributed by atoms with Gasteiger partial charge in [-0.15, -0.1) is 0 Å². The van der Waals surface area contributed by atoms with E-state index in [4.69, 9.17) is 9.47 Å². The van der Waals surface area contributed by atoms with Crippen LogP contribution in [0.15, 0.2) is 90.7 Å². The van der Waals surface area contributed by atoms with Crippen LogP contribution in [0.1, 0.15) is 38.2 Å². The van der Waals surface area contributed by atoms with Crippen molar-refractivity contribution in [3.8, 4) is 22.6 Å². The lowest BCUT2D eigenvalue weighted by Crippen LogP contribution is -2.32. The van der Waals surface area contributed by atoms with E-state index in [0.29, 0.717) is 23.8 Å². The van der Waals surface area contributed by atoms with Crippen molar-refractivity contribution in [3.05, 3.63) is 124 Å². The first-order chi connectivity index (χ1) is 17.5. The number of Topliss-reactive ketones (excluding diaryl/α,β-unsaturated/α-hetero) is 1. The largest absolute Gasteiger partial charge is 0.477 e. The number of ketones is 1. The molecule has 0 aromatic heterocycles. The molecule has 2 aliphatic rings. The highest BCUT2D eigenvalue weighted by Gasteiger charge is 2.33. The van der Waals surface area contributed by atoms with Gasteiger partial charge in [0.2, 0.25) is 5.78 Å². The molecule has 0 aliphatic carbocycles. The standard InChI is InChI=1S/C32H27NO3/c1-21-8-10-24(11-9-21)18-33-19-27-17-28-30(34)29(36-32(28)22(2)31(27)35-20-33)16-23-12-14-26(15-13-23)25-6-4-3-5-7-25/h3-17H,18-20H2,1-2H3/b29-16-. The summed E-state index contributed by atoms with van der Waals surface area (Å²) >= 11 is 0. The lowest BCUT2D eigenvalue weighted by atomic mass is 9.99. The summed E-state index contributed by atoms with van der Waals surface area (Å²) in [6, 6.07) is 28.9. The minimum atomic E-state index is -0.0845. The first-order valence-electron chi connectivity index (χ1n) is 12.2. The van der Waals surface area contributed by atoms with Crippen LogP contribution in [-0.4, -0.2) is 17.4 Å². The minimum absolute atomic E-state index is 0.0845. The van der Waals surface area contributed by atoms with E-state index in [1.807, 2.05) is 49.4 Å². The van der Waals surface area contributed by atoms with Crippen molar-refractivity contribution in [1.29, 1.82) is 0 Å². The number of hydrogen-bond acceptors (Lipinski definition) is 4. The van der Waals surface area contributed by atoms with Crippen LogP contribution in [0, 0.1) is 13.8 Å². The summed E-state index contributed by atoms with van der Waals surface area (Å²) in [5.74, 6) is 1.70. The Labute approximate surface area is 211 Å². The van der Waals surface area contributed by atoms with Gasteiger partial charge in [0.1, 0.15) is 18.2 Å². The monoisotopic (exact) mass is 473 g/mol. The van der Waals surface area contributed by atoms with Gasteiger partial charge < -0.3 is 9.47 Å². The van der Waals surface area contributed by atoms with Gasteiger partial charge in [-0.25, -0.2) is 0 Å². The highest BCUT2D eigenvalue weighted by molar-refractivity contribution is 6.15. The van der Waals surface area contributed by atoms with Gasteiger partial charge in [0.15, 0.2) is 5.76 Å². The number of ether oxygens (including phenoxy) is 2. The molecule has 0 bridgehead atoms. The third-order valence-corrected chi connectivity index (χ3v) is 6.84. The van der Waals surface area contributed by atoms with Crippen LogP contribution in [0.5, 0.6) is 11.5 Å². The maximum absolute atomic E-state index is 13.3. The van der Waals surface area contributed by atoms with Gasteiger partial charge in [-0.1, -0.05) is 84.4 Å². The number of benzene rings is 4. The van der Waals surface area contributed by atoms with E-state index in [1.54, 1.807) is 0 Å². The van der Waals surface area contributed by atoms with Crippen LogP contribution < -0.4 is 9.47 Å². The van der Waals surface area contributed by atoms with Gasteiger partial charge in [0.25, 0.3) is 0 Å². The van der Waals surface area contributed by atoms with Crippen LogP contribution in [-0.2, 0) is 13.1 Å². The zero-order valence-corrected chi connectivity index (χ0v) is 20.5. The minimum Gasteiger partial charge on any atom is -0.477 e. The molecular weight excluding hydrogens is 446 g/mol. The smallest absolute Gasteiger partial charge is 0.231 e. The molecule has 178 valence electrons. The first-order valence-corrected chi connectivity index (χ1v) is 12.2. The average Bonchev–Trinajstić information content (AvgIpc) is 3.21. The molecule has 0 spiro atoms. The van der Waals surface area contributed by atoms with Gasteiger partial charge in [0, 0.05) is 24.2 Å². The topological polar surface area (TPSA) is 38.8 Å². The van der Waals surface area contributed by atoms with E-state index in [9.17, 15) is 4.79 Å². The number of allylic oxidation sites excluding steroid dienone is 1. The summed E-state index contributed by atoms with van der Waals surface area (Å²) in [4.78, 5) is 15.5.